The molecule has 0 aliphatic carbocycles. The first-order chi connectivity index (χ1) is 5.74. The van der Waals surface area contributed by atoms with Crippen molar-refractivity contribution in [3.63, 3.8) is 0 Å². The van der Waals surface area contributed by atoms with Crippen LogP contribution in [0.4, 0.5) is 0 Å². The number of benzene rings is 1. The van der Waals surface area contributed by atoms with Gasteiger partial charge in [-0.1, -0.05) is 0 Å². The Morgan fingerprint density at radius 1 is 1.42 bits per heavy atom. The summed E-state index contributed by atoms with van der Waals surface area (Å²) < 4.78 is 0. The molecule has 1 rings (SSSR count). The zero-order valence-electron chi connectivity index (χ0n) is 7.29. The van der Waals surface area contributed by atoms with E-state index in [0.717, 1.165) is 5.32 Å². The first kappa shape index (κ1) is 9.32. The van der Waals surface area contributed by atoms with Crippen LogP contribution < -0.4 is 0 Å². The summed E-state index contributed by atoms with van der Waals surface area (Å²) in [5.41, 5.74) is 3.93. The van der Waals surface area contributed by atoms with Crippen molar-refractivity contribution in [2.75, 3.05) is 0 Å². The number of hydrogen-bond acceptors (Lipinski definition) is 1. The summed E-state index contributed by atoms with van der Waals surface area (Å²) in [4.78, 5) is 2.22. The van der Waals surface area contributed by atoms with Crippen LogP contribution in [0.25, 0.3) is 0 Å². The molecular formula is C10H11NSe. The van der Waals surface area contributed by atoms with E-state index >= 15 is 0 Å². The third-order valence-electron chi connectivity index (χ3n) is 1.79. The summed E-state index contributed by atoms with van der Waals surface area (Å²) in [5, 5.41) is 9.39. The van der Waals surface area contributed by atoms with Crippen molar-refractivity contribution in [3.05, 3.63) is 34.9 Å². The van der Waals surface area contributed by atoms with Gasteiger partial charge in [-0.2, -0.15) is 0 Å². The molecule has 1 aromatic rings. The molecule has 62 valence electrons. The normalized spacial score (nSPS) is 9.42. The Morgan fingerprint density at radius 3 is 2.75 bits per heavy atom. The molecule has 0 bridgehead atoms. The van der Waals surface area contributed by atoms with Crippen LogP contribution in [0.3, 0.4) is 0 Å². The minimum absolute atomic E-state index is 0.111. The van der Waals surface area contributed by atoms with E-state index in [1.54, 1.807) is 0 Å². The van der Waals surface area contributed by atoms with E-state index in [1.807, 2.05) is 0 Å². The van der Waals surface area contributed by atoms with Crippen LogP contribution in [-0.2, 0) is 5.32 Å². The SMILES string of the molecule is Cc1ccc(C[Se]C#N)c(C)c1. The van der Waals surface area contributed by atoms with Crippen molar-refractivity contribution in [2.24, 2.45) is 0 Å². The van der Waals surface area contributed by atoms with Gasteiger partial charge in [0.05, 0.1) is 0 Å². The molecule has 0 heterocycles. The Hall–Kier alpha value is -0.771. The second-order valence-electron chi connectivity index (χ2n) is 2.81. The van der Waals surface area contributed by atoms with Gasteiger partial charge < -0.3 is 0 Å². The average molecular weight is 224 g/mol. The number of nitrogens with zero attached hydrogens (tertiary/aromatic N) is 1. The monoisotopic (exact) mass is 225 g/mol. The van der Waals surface area contributed by atoms with Crippen LogP contribution >= 0.6 is 0 Å². The van der Waals surface area contributed by atoms with E-state index in [9.17, 15) is 0 Å². The minimum atomic E-state index is 0.111. The van der Waals surface area contributed by atoms with Crippen LogP contribution in [0.1, 0.15) is 16.7 Å². The molecule has 0 aromatic heterocycles. The van der Waals surface area contributed by atoms with Crippen LogP contribution in [0, 0.1) is 24.1 Å². The van der Waals surface area contributed by atoms with Gasteiger partial charge in [0.15, 0.2) is 0 Å². The third kappa shape index (κ3) is 2.37. The van der Waals surface area contributed by atoms with E-state index < -0.39 is 0 Å². The van der Waals surface area contributed by atoms with E-state index in [2.05, 4.69) is 37.0 Å². The molecule has 1 nitrogen and oxygen atoms in total. The van der Waals surface area contributed by atoms with E-state index in [0.29, 0.717) is 0 Å². The molecule has 0 N–H and O–H groups in total. The van der Waals surface area contributed by atoms with E-state index in [4.69, 9.17) is 5.26 Å². The summed E-state index contributed by atoms with van der Waals surface area (Å²) in [7, 11) is 0. The summed E-state index contributed by atoms with van der Waals surface area (Å²) in [5.74, 6) is 0. The van der Waals surface area contributed by atoms with E-state index in [-0.39, 0.29) is 15.0 Å². The standard InChI is InChI=1S/C10H11NSe/c1-8-3-4-10(6-12-7-11)9(2)5-8/h3-5H,6H2,1-2H3. The fraction of sp³-hybridized carbons (Fsp3) is 0.300. The van der Waals surface area contributed by atoms with Gasteiger partial charge in [0.2, 0.25) is 0 Å². The molecule has 0 spiro atoms. The van der Waals surface area contributed by atoms with Gasteiger partial charge in [0.25, 0.3) is 0 Å². The van der Waals surface area contributed by atoms with E-state index in [1.165, 1.54) is 16.7 Å². The summed E-state index contributed by atoms with van der Waals surface area (Å²) >= 11 is 0.111. The van der Waals surface area contributed by atoms with Crippen molar-refractivity contribution in [1.29, 1.82) is 5.26 Å². The molecule has 0 amide bonds. The van der Waals surface area contributed by atoms with Crippen LogP contribution in [-0.4, -0.2) is 15.0 Å². The Bertz CT molecular complexity index is 312. The van der Waals surface area contributed by atoms with Crippen LogP contribution in [0.2, 0.25) is 0 Å². The summed E-state index contributed by atoms with van der Waals surface area (Å²) in [6.45, 7) is 4.20. The Balaban J connectivity index is 2.81. The number of hydrogen-bond donors (Lipinski definition) is 0. The molecule has 0 atom stereocenters. The second kappa shape index (κ2) is 4.30. The molecule has 0 unspecified atom stereocenters. The maximum absolute atomic E-state index is 8.45. The predicted octanol–water partition coefficient (Wildman–Crippen LogP) is 1.99. The van der Waals surface area contributed by atoms with Crippen LogP contribution in [0.5, 0.6) is 0 Å². The molecule has 0 saturated heterocycles. The zero-order chi connectivity index (χ0) is 8.97. The van der Waals surface area contributed by atoms with Gasteiger partial charge in [0, 0.05) is 0 Å². The van der Waals surface area contributed by atoms with Gasteiger partial charge in [-0.05, 0) is 0 Å². The fourth-order valence-corrected chi connectivity index (χ4v) is 2.26. The van der Waals surface area contributed by atoms with Crippen molar-refractivity contribution in [1.82, 2.24) is 0 Å². The predicted molar refractivity (Wildman–Crippen MR) is 51.0 cm³/mol. The van der Waals surface area contributed by atoms with Crippen molar-refractivity contribution in [3.8, 4) is 4.97 Å². The summed E-state index contributed by atoms with van der Waals surface area (Å²) in [6, 6.07) is 6.41. The molecule has 0 fully saturated rings. The molecule has 12 heavy (non-hydrogen) atoms. The fourth-order valence-electron chi connectivity index (χ4n) is 1.12. The number of rotatable bonds is 2. The molecule has 0 aliphatic heterocycles. The molecule has 0 radical (unpaired) electrons. The Labute approximate surface area is 79.6 Å². The topological polar surface area (TPSA) is 23.8 Å². The van der Waals surface area contributed by atoms with Crippen LogP contribution in [0.15, 0.2) is 18.2 Å². The number of aryl methyl sites for hydroxylation is 2. The first-order valence-corrected chi connectivity index (χ1v) is 5.88. The second-order valence-corrected chi connectivity index (χ2v) is 4.40. The Morgan fingerprint density at radius 2 is 2.17 bits per heavy atom. The van der Waals surface area contributed by atoms with Gasteiger partial charge >= 0.3 is 79.2 Å². The van der Waals surface area contributed by atoms with Crippen molar-refractivity contribution >= 4 is 15.0 Å². The summed E-state index contributed by atoms with van der Waals surface area (Å²) in [6.07, 6.45) is 0. The molecule has 0 saturated carbocycles. The van der Waals surface area contributed by atoms with Gasteiger partial charge in [-0.3, -0.25) is 0 Å². The first-order valence-electron chi connectivity index (χ1n) is 3.81. The van der Waals surface area contributed by atoms with Gasteiger partial charge in [-0.25, -0.2) is 0 Å². The zero-order valence-corrected chi connectivity index (χ0v) is 9.01. The van der Waals surface area contributed by atoms with Gasteiger partial charge in [-0.15, -0.1) is 0 Å². The molecule has 0 aliphatic rings. The quantitative estimate of drug-likeness (QED) is 0.705. The van der Waals surface area contributed by atoms with Gasteiger partial charge in [0.1, 0.15) is 0 Å². The molecule has 2 heteroatoms. The number of nitriles is 1. The molecule has 1 aromatic carbocycles. The molecular weight excluding hydrogens is 213 g/mol. The maximum atomic E-state index is 8.45. The van der Waals surface area contributed by atoms with Crippen molar-refractivity contribution in [2.45, 2.75) is 19.2 Å². The average Bonchev–Trinajstić information content (AvgIpc) is 2.03. The third-order valence-corrected chi connectivity index (χ3v) is 3.02. The van der Waals surface area contributed by atoms with Crippen molar-refractivity contribution < 1.29 is 0 Å². The Kier molecular flexibility index (Phi) is 3.34.